The summed E-state index contributed by atoms with van der Waals surface area (Å²) in [6, 6.07) is 10.6. The molecule has 0 saturated heterocycles. The van der Waals surface area contributed by atoms with Gasteiger partial charge in [0.2, 0.25) is 5.95 Å². The number of benzene rings is 1. The molecule has 0 saturated carbocycles. The summed E-state index contributed by atoms with van der Waals surface area (Å²) >= 11 is 0. The van der Waals surface area contributed by atoms with Crippen molar-refractivity contribution in [1.29, 1.82) is 5.26 Å². The van der Waals surface area contributed by atoms with Crippen LogP contribution in [0.5, 0.6) is 0 Å². The third-order valence-corrected chi connectivity index (χ3v) is 3.00. The van der Waals surface area contributed by atoms with E-state index in [0.29, 0.717) is 18.9 Å². The van der Waals surface area contributed by atoms with E-state index in [1.165, 1.54) is 5.56 Å². The van der Waals surface area contributed by atoms with E-state index in [1.54, 1.807) is 12.4 Å². The molecule has 1 N–H and O–H groups in total. The van der Waals surface area contributed by atoms with Crippen LogP contribution in [0.15, 0.2) is 36.7 Å². The van der Waals surface area contributed by atoms with Crippen LogP contribution in [0.2, 0.25) is 0 Å². The number of hydrogen-bond acceptors (Lipinski definition) is 4. The zero-order valence-electron chi connectivity index (χ0n) is 11.6. The molecule has 4 heteroatoms. The van der Waals surface area contributed by atoms with Gasteiger partial charge in [0.25, 0.3) is 0 Å². The van der Waals surface area contributed by atoms with Crippen LogP contribution in [0.1, 0.15) is 25.3 Å². The Kier molecular flexibility index (Phi) is 5.08. The summed E-state index contributed by atoms with van der Waals surface area (Å²) in [6.07, 6.45) is 6.32. The molecule has 2 rings (SSSR count). The van der Waals surface area contributed by atoms with Crippen molar-refractivity contribution in [1.82, 2.24) is 9.97 Å². The highest BCUT2D eigenvalue weighted by molar-refractivity contribution is 5.62. The van der Waals surface area contributed by atoms with Gasteiger partial charge in [-0.3, -0.25) is 0 Å². The number of nitrogens with one attached hydrogen (secondary N) is 1. The molecule has 0 unspecified atom stereocenters. The van der Waals surface area contributed by atoms with Crippen molar-refractivity contribution in [3.05, 3.63) is 42.2 Å². The summed E-state index contributed by atoms with van der Waals surface area (Å²) < 4.78 is 0. The highest BCUT2D eigenvalue weighted by atomic mass is 15.1. The lowest BCUT2D eigenvalue weighted by Gasteiger charge is -2.05. The van der Waals surface area contributed by atoms with Crippen molar-refractivity contribution < 1.29 is 0 Å². The summed E-state index contributed by atoms with van der Waals surface area (Å²) in [5, 5.41) is 11.5. The molecule has 0 atom stereocenters. The molecular formula is C16H18N4. The molecular weight excluding hydrogens is 248 g/mol. The van der Waals surface area contributed by atoms with Gasteiger partial charge < -0.3 is 5.32 Å². The molecule has 102 valence electrons. The number of anilines is 1. The molecule has 4 nitrogen and oxygen atoms in total. The van der Waals surface area contributed by atoms with Crippen molar-refractivity contribution in [2.24, 2.45) is 0 Å². The smallest absolute Gasteiger partial charge is 0.222 e. The Morgan fingerprint density at radius 1 is 1.10 bits per heavy atom. The maximum absolute atomic E-state index is 8.47. The lowest BCUT2D eigenvalue weighted by atomic mass is 10.0. The second-order valence-corrected chi connectivity index (χ2v) is 4.58. The van der Waals surface area contributed by atoms with Gasteiger partial charge in [-0.2, -0.15) is 5.26 Å². The number of nitrogens with zero attached hydrogens (tertiary/aromatic N) is 3. The molecule has 0 amide bonds. The third kappa shape index (κ3) is 3.79. The van der Waals surface area contributed by atoms with E-state index in [0.717, 1.165) is 24.0 Å². The average Bonchev–Trinajstić information content (AvgIpc) is 2.49. The fraction of sp³-hybridized carbons (Fsp3) is 0.312. The van der Waals surface area contributed by atoms with Crippen molar-refractivity contribution >= 4 is 5.95 Å². The van der Waals surface area contributed by atoms with Gasteiger partial charge >= 0.3 is 0 Å². The van der Waals surface area contributed by atoms with Crippen LogP contribution in [-0.2, 0) is 6.42 Å². The molecule has 0 spiro atoms. The monoisotopic (exact) mass is 266 g/mol. The fourth-order valence-corrected chi connectivity index (χ4v) is 1.95. The third-order valence-electron chi connectivity index (χ3n) is 3.00. The van der Waals surface area contributed by atoms with Gasteiger partial charge in [0.05, 0.1) is 12.5 Å². The summed E-state index contributed by atoms with van der Waals surface area (Å²) in [4.78, 5) is 8.51. The SMILES string of the molecule is CCCc1ccc(-c2cnc(NCCC#N)nc2)cc1. The van der Waals surface area contributed by atoms with Crippen LogP contribution < -0.4 is 5.32 Å². The summed E-state index contributed by atoms with van der Waals surface area (Å²) in [5.74, 6) is 0.562. The Hall–Kier alpha value is -2.41. The van der Waals surface area contributed by atoms with Gasteiger partial charge in [-0.25, -0.2) is 9.97 Å². The van der Waals surface area contributed by atoms with Crippen molar-refractivity contribution in [2.45, 2.75) is 26.2 Å². The van der Waals surface area contributed by atoms with Crippen LogP contribution in [-0.4, -0.2) is 16.5 Å². The Bertz CT molecular complexity index is 567. The molecule has 0 bridgehead atoms. The minimum Gasteiger partial charge on any atom is -0.353 e. The standard InChI is InChI=1S/C16H18N4/c1-2-4-13-5-7-14(8-6-13)15-11-19-16(20-12-15)18-10-3-9-17/h5-8,11-12H,2-4,10H2,1H3,(H,18,19,20). The minimum atomic E-state index is 0.448. The summed E-state index contributed by atoms with van der Waals surface area (Å²) in [6.45, 7) is 2.75. The van der Waals surface area contributed by atoms with E-state index in [9.17, 15) is 0 Å². The van der Waals surface area contributed by atoms with Gasteiger partial charge in [0, 0.05) is 24.5 Å². The molecule has 20 heavy (non-hydrogen) atoms. The number of nitriles is 1. The number of rotatable bonds is 6. The first-order chi connectivity index (χ1) is 9.83. The number of aromatic nitrogens is 2. The van der Waals surface area contributed by atoms with Gasteiger partial charge in [-0.15, -0.1) is 0 Å². The van der Waals surface area contributed by atoms with E-state index in [-0.39, 0.29) is 0 Å². The maximum atomic E-state index is 8.47. The van der Waals surface area contributed by atoms with Crippen molar-refractivity contribution in [2.75, 3.05) is 11.9 Å². The molecule has 0 aliphatic heterocycles. The quantitative estimate of drug-likeness (QED) is 0.814. The zero-order valence-corrected chi connectivity index (χ0v) is 11.6. The fourth-order valence-electron chi connectivity index (χ4n) is 1.95. The van der Waals surface area contributed by atoms with Crippen molar-refractivity contribution in [3.8, 4) is 17.2 Å². The topological polar surface area (TPSA) is 61.6 Å². The highest BCUT2D eigenvalue weighted by Gasteiger charge is 2.00. The number of aryl methyl sites for hydroxylation is 1. The largest absolute Gasteiger partial charge is 0.353 e. The second kappa shape index (κ2) is 7.25. The van der Waals surface area contributed by atoms with Gasteiger partial charge in [0.1, 0.15) is 0 Å². The summed E-state index contributed by atoms with van der Waals surface area (Å²) in [7, 11) is 0. The first-order valence-corrected chi connectivity index (χ1v) is 6.85. The number of hydrogen-bond donors (Lipinski definition) is 1. The Morgan fingerprint density at radius 3 is 2.40 bits per heavy atom. The molecule has 0 aliphatic rings. The predicted molar refractivity (Wildman–Crippen MR) is 80.2 cm³/mol. The average molecular weight is 266 g/mol. The van der Waals surface area contributed by atoms with E-state index in [2.05, 4.69) is 52.5 Å². The van der Waals surface area contributed by atoms with E-state index in [1.807, 2.05) is 0 Å². The lowest BCUT2D eigenvalue weighted by molar-refractivity contribution is 0.922. The van der Waals surface area contributed by atoms with E-state index >= 15 is 0 Å². The molecule has 2 aromatic rings. The van der Waals surface area contributed by atoms with Gasteiger partial charge in [-0.05, 0) is 17.5 Å². The maximum Gasteiger partial charge on any atom is 0.222 e. The molecule has 1 aromatic carbocycles. The van der Waals surface area contributed by atoms with Gasteiger partial charge in [-0.1, -0.05) is 37.6 Å². The lowest BCUT2D eigenvalue weighted by Crippen LogP contribution is -2.04. The Morgan fingerprint density at radius 2 is 1.80 bits per heavy atom. The van der Waals surface area contributed by atoms with Crippen LogP contribution in [0.4, 0.5) is 5.95 Å². The Balaban J connectivity index is 2.03. The predicted octanol–water partition coefficient (Wildman–Crippen LogP) is 3.42. The molecule has 0 aliphatic carbocycles. The first-order valence-electron chi connectivity index (χ1n) is 6.85. The molecule has 1 heterocycles. The molecule has 0 radical (unpaired) electrons. The Labute approximate surface area is 119 Å². The van der Waals surface area contributed by atoms with Crippen LogP contribution in [0.3, 0.4) is 0 Å². The highest BCUT2D eigenvalue weighted by Crippen LogP contribution is 2.19. The van der Waals surface area contributed by atoms with Crippen LogP contribution >= 0.6 is 0 Å². The molecule has 0 fully saturated rings. The van der Waals surface area contributed by atoms with Crippen molar-refractivity contribution in [3.63, 3.8) is 0 Å². The normalized spacial score (nSPS) is 10.0. The zero-order chi connectivity index (χ0) is 14.2. The van der Waals surface area contributed by atoms with E-state index in [4.69, 9.17) is 5.26 Å². The minimum absolute atomic E-state index is 0.448. The molecule has 1 aromatic heterocycles. The van der Waals surface area contributed by atoms with Crippen LogP contribution in [0, 0.1) is 11.3 Å². The van der Waals surface area contributed by atoms with Gasteiger partial charge in [0.15, 0.2) is 0 Å². The second-order valence-electron chi connectivity index (χ2n) is 4.58. The van der Waals surface area contributed by atoms with E-state index < -0.39 is 0 Å². The summed E-state index contributed by atoms with van der Waals surface area (Å²) in [5.41, 5.74) is 3.47. The van der Waals surface area contributed by atoms with Crippen LogP contribution in [0.25, 0.3) is 11.1 Å². The first kappa shape index (κ1) is 14.0.